The molecule has 1 N–H and O–H groups in total. The van der Waals surface area contributed by atoms with E-state index < -0.39 is 0 Å². The van der Waals surface area contributed by atoms with Gasteiger partial charge in [-0.15, -0.1) is 0 Å². The maximum absolute atomic E-state index is 12.8. The maximum atomic E-state index is 12.8. The molecule has 1 aromatic heterocycles. The number of rotatable bonds is 4. The van der Waals surface area contributed by atoms with E-state index in [9.17, 15) is 4.39 Å². The van der Waals surface area contributed by atoms with Crippen LogP contribution in [-0.4, -0.2) is 23.2 Å². The highest BCUT2D eigenvalue weighted by Crippen LogP contribution is 2.17. The van der Waals surface area contributed by atoms with Gasteiger partial charge in [0.2, 0.25) is 0 Å². The second kappa shape index (κ2) is 5.05. The number of nitrogens with one attached hydrogen (secondary N) is 1. The van der Waals surface area contributed by atoms with E-state index in [-0.39, 0.29) is 11.9 Å². The number of likely N-dealkylation sites (N-methyl/N-ethyl adjacent to an activating group) is 1. The van der Waals surface area contributed by atoms with Crippen LogP contribution in [0.2, 0.25) is 0 Å². The van der Waals surface area contributed by atoms with E-state index in [0.29, 0.717) is 18.1 Å². The van der Waals surface area contributed by atoms with Gasteiger partial charge in [-0.2, -0.15) is 4.98 Å². The minimum absolute atomic E-state index is 0.280. The van der Waals surface area contributed by atoms with Crippen molar-refractivity contribution in [2.75, 3.05) is 7.05 Å². The molecule has 0 saturated carbocycles. The third kappa shape index (κ3) is 2.88. The van der Waals surface area contributed by atoms with Gasteiger partial charge in [0.15, 0.2) is 5.82 Å². The fourth-order valence-electron chi connectivity index (χ4n) is 1.42. The first-order valence-corrected chi connectivity index (χ1v) is 5.45. The summed E-state index contributed by atoms with van der Waals surface area (Å²) in [6, 6.07) is 6.27. The van der Waals surface area contributed by atoms with Crippen molar-refractivity contribution in [1.29, 1.82) is 0 Å². The first kappa shape index (κ1) is 11.7. The normalized spacial score (nSPS) is 12.6. The van der Waals surface area contributed by atoms with Crippen molar-refractivity contribution in [1.82, 2.24) is 15.5 Å². The summed E-state index contributed by atoms with van der Waals surface area (Å²) in [5, 5.41) is 6.98. The molecule has 0 radical (unpaired) electrons. The van der Waals surface area contributed by atoms with Crippen LogP contribution in [-0.2, 0) is 6.42 Å². The van der Waals surface area contributed by atoms with Crippen molar-refractivity contribution in [2.45, 2.75) is 19.4 Å². The maximum Gasteiger partial charge on any atom is 0.257 e. The van der Waals surface area contributed by atoms with Crippen molar-refractivity contribution in [2.24, 2.45) is 0 Å². The van der Waals surface area contributed by atoms with Gasteiger partial charge in [-0.25, -0.2) is 4.39 Å². The summed E-state index contributed by atoms with van der Waals surface area (Å²) in [5.41, 5.74) is 0.724. The average Bonchev–Trinajstić information content (AvgIpc) is 2.78. The predicted molar refractivity (Wildman–Crippen MR) is 61.9 cm³/mol. The van der Waals surface area contributed by atoms with E-state index in [4.69, 9.17) is 4.52 Å². The second-order valence-electron chi connectivity index (χ2n) is 3.92. The predicted octanol–water partition coefficient (Wildman–Crippen LogP) is 2.03. The Morgan fingerprint density at radius 3 is 2.71 bits per heavy atom. The van der Waals surface area contributed by atoms with Crippen molar-refractivity contribution in [3.8, 4) is 11.5 Å². The quantitative estimate of drug-likeness (QED) is 0.880. The molecule has 2 aromatic rings. The van der Waals surface area contributed by atoms with Crippen molar-refractivity contribution in [3.63, 3.8) is 0 Å². The molecule has 0 amide bonds. The molecule has 2 rings (SSSR count). The minimum atomic E-state index is -0.280. The molecule has 90 valence electrons. The van der Waals surface area contributed by atoms with Crippen LogP contribution in [0.15, 0.2) is 28.8 Å². The Balaban J connectivity index is 2.15. The van der Waals surface area contributed by atoms with E-state index in [1.807, 2.05) is 14.0 Å². The smallest absolute Gasteiger partial charge is 0.257 e. The van der Waals surface area contributed by atoms with Gasteiger partial charge in [0.25, 0.3) is 5.89 Å². The highest BCUT2D eigenvalue weighted by Gasteiger charge is 2.10. The Hall–Kier alpha value is -1.75. The van der Waals surface area contributed by atoms with Crippen LogP contribution >= 0.6 is 0 Å². The first-order valence-electron chi connectivity index (χ1n) is 5.45. The lowest BCUT2D eigenvalue weighted by atomic mass is 10.2. The third-order valence-electron chi connectivity index (χ3n) is 2.54. The lowest BCUT2D eigenvalue weighted by Crippen LogP contribution is -2.24. The first-order chi connectivity index (χ1) is 8.19. The monoisotopic (exact) mass is 235 g/mol. The van der Waals surface area contributed by atoms with E-state index in [1.54, 1.807) is 12.1 Å². The summed E-state index contributed by atoms with van der Waals surface area (Å²) in [7, 11) is 1.88. The summed E-state index contributed by atoms with van der Waals surface area (Å²) in [6.45, 7) is 2.04. The van der Waals surface area contributed by atoms with E-state index in [1.165, 1.54) is 12.1 Å². The molecule has 1 aromatic carbocycles. The average molecular weight is 235 g/mol. The molecule has 0 aliphatic carbocycles. The van der Waals surface area contributed by atoms with Gasteiger partial charge in [0, 0.05) is 18.0 Å². The molecule has 1 atom stereocenters. The lowest BCUT2D eigenvalue weighted by molar-refractivity contribution is 0.418. The van der Waals surface area contributed by atoms with Crippen LogP contribution in [0.1, 0.15) is 12.7 Å². The van der Waals surface area contributed by atoms with Crippen LogP contribution in [0.4, 0.5) is 4.39 Å². The number of hydrogen-bond donors (Lipinski definition) is 1. The Kier molecular flexibility index (Phi) is 3.49. The summed E-state index contributed by atoms with van der Waals surface area (Å²) in [5.74, 6) is 0.784. The van der Waals surface area contributed by atoms with E-state index in [0.717, 1.165) is 5.56 Å². The molecular weight excluding hydrogens is 221 g/mol. The Bertz CT molecular complexity index is 481. The molecular formula is C12H14FN3O. The highest BCUT2D eigenvalue weighted by atomic mass is 19.1. The number of halogens is 1. The Morgan fingerprint density at radius 1 is 1.35 bits per heavy atom. The minimum Gasteiger partial charge on any atom is -0.334 e. The lowest BCUT2D eigenvalue weighted by Gasteiger charge is -2.04. The van der Waals surface area contributed by atoms with Crippen molar-refractivity contribution < 1.29 is 8.91 Å². The molecule has 0 aliphatic heterocycles. The second-order valence-corrected chi connectivity index (χ2v) is 3.92. The van der Waals surface area contributed by atoms with Crippen LogP contribution in [0, 0.1) is 5.82 Å². The van der Waals surface area contributed by atoms with E-state index >= 15 is 0 Å². The van der Waals surface area contributed by atoms with Crippen molar-refractivity contribution >= 4 is 0 Å². The van der Waals surface area contributed by atoms with Crippen LogP contribution < -0.4 is 5.32 Å². The van der Waals surface area contributed by atoms with Crippen LogP contribution in [0.3, 0.4) is 0 Å². The molecule has 5 heteroatoms. The number of nitrogens with zero attached hydrogens (tertiary/aromatic N) is 2. The fourth-order valence-corrected chi connectivity index (χ4v) is 1.42. The molecule has 0 fully saturated rings. The molecule has 0 aliphatic rings. The zero-order valence-corrected chi connectivity index (χ0v) is 9.77. The highest BCUT2D eigenvalue weighted by molar-refractivity contribution is 5.52. The molecule has 0 bridgehead atoms. The number of benzene rings is 1. The van der Waals surface area contributed by atoms with Gasteiger partial charge in [0.05, 0.1) is 0 Å². The van der Waals surface area contributed by atoms with Gasteiger partial charge in [-0.1, -0.05) is 5.16 Å². The Morgan fingerprint density at radius 2 is 2.06 bits per heavy atom. The molecule has 0 saturated heterocycles. The summed E-state index contributed by atoms with van der Waals surface area (Å²) in [4.78, 5) is 4.26. The molecule has 1 heterocycles. The van der Waals surface area contributed by atoms with Gasteiger partial charge >= 0.3 is 0 Å². The largest absolute Gasteiger partial charge is 0.334 e. The van der Waals surface area contributed by atoms with Crippen LogP contribution in [0.5, 0.6) is 0 Å². The topological polar surface area (TPSA) is 51.0 Å². The summed E-state index contributed by atoms with van der Waals surface area (Å²) in [6.07, 6.45) is 0.696. The number of hydrogen-bond acceptors (Lipinski definition) is 4. The van der Waals surface area contributed by atoms with Gasteiger partial charge < -0.3 is 9.84 Å². The fraction of sp³-hybridized carbons (Fsp3) is 0.333. The SMILES string of the molecule is CN[C@@H](C)Cc1noc(-c2ccc(F)cc2)n1. The van der Waals surface area contributed by atoms with E-state index in [2.05, 4.69) is 15.5 Å². The Labute approximate surface area is 98.8 Å². The summed E-state index contributed by atoms with van der Waals surface area (Å²) < 4.78 is 17.9. The van der Waals surface area contributed by atoms with Gasteiger partial charge in [-0.05, 0) is 38.2 Å². The van der Waals surface area contributed by atoms with Gasteiger partial charge in [0.1, 0.15) is 5.82 Å². The van der Waals surface area contributed by atoms with Crippen LogP contribution in [0.25, 0.3) is 11.5 Å². The molecule has 0 spiro atoms. The van der Waals surface area contributed by atoms with Gasteiger partial charge in [-0.3, -0.25) is 0 Å². The molecule has 0 unspecified atom stereocenters. The standard InChI is InChI=1S/C12H14FN3O/c1-8(14-2)7-11-15-12(17-16-11)9-3-5-10(13)6-4-9/h3-6,8,14H,7H2,1-2H3/t8-/m0/s1. The zero-order valence-electron chi connectivity index (χ0n) is 9.77. The number of aromatic nitrogens is 2. The summed E-state index contributed by atoms with van der Waals surface area (Å²) >= 11 is 0. The zero-order chi connectivity index (χ0) is 12.3. The molecule has 17 heavy (non-hydrogen) atoms. The van der Waals surface area contributed by atoms with Crippen molar-refractivity contribution in [3.05, 3.63) is 35.9 Å². The third-order valence-corrected chi connectivity index (χ3v) is 2.54. The molecule has 4 nitrogen and oxygen atoms in total.